The molecule has 0 saturated heterocycles. The maximum absolute atomic E-state index is 11.4. The third-order valence-corrected chi connectivity index (χ3v) is 5.29. The molecule has 0 aliphatic rings. The Labute approximate surface area is 123 Å². The monoisotopic (exact) mass is 310 g/mol. The first kappa shape index (κ1) is 15.2. The van der Waals surface area contributed by atoms with E-state index in [9.17, 15) is 8.42 Å². The van der Waals surface area contributed by atoms with Gasteiger partial charge in [-0.1, -0.05) is 12.1 Å². The number of nitrogens with zero attached hydrogens (tertiary/aromatic N) is 1. The molecule has 0 fully saturated rings. The Morgan fingerprint density at radius 2 is 1.95 bits per heavy atom. The van der Waals surface area contributed by atoms with Crippen LogP contribution in [0.15, 0.2) is 34.7 Å². The molecular weight excluding hydrogens is 292 g/mol. The van der Waals surface area contributed by atoms with Crippen LogP contribution in [0.2, 0.25) is 0 Å². The van der Waals surface area contributed by atoms with Crippen LogP contribution in [0.5, 0.6) is 0 Å². The van der Waals surface area contributed by atoms with Gasteiger partial charge in [-0.05, 0) is 31.5 Å². The van der Waals surface area contributed by atoms with Gasteiger partial charge >= 0.3 is 0 Å². The molecule has 0 spiro atoms. The summed E-state index contributed by atoms with van der Waals surface area (Å²) >= 11 is 1.64. The van der Waals surface area contributed by atoms with Crippen LogP contribution in [0.4, 0.5) is 0 Å². The molecule has 20 heavy (non-hydrogen) atoms. The number of aryl methyl sites for hydroxylation is 1. The molecule has 0 aliphatic carbocycles. The maximum Gasteiger partial charge on any atom is 0.175 e. The van der Waals surface area contributed by atoms with Gasteiger partial charge < -0.3 is 5.32 Å². The number of sulfone groups is 1. The molecule has 4 nitrogen and oxygen atoms in total. The molecule has 1 aromatic carbocycles. The van der Waals surface area contributed by atoms with Crippen molar-refractivity contribution in [2.45, 2.75) is 31.3 Å². The van der Waals surface area contributed by atoms with Crippen molar-refractivity contribution in [3.05, 3.63) is 45.9 Å². The van der Waals surface area contributed by atoms with Gasteiger partial charge in [0.25, 0.3) is 0 Å². The Kier molecular flexibility index (Phi) is 4.57. The quantitative estimate of drug-likeness (QED) is 0.922. The fraction of sp³-hybridized carbons (Fsp3) is 0.357. The summed E-state index contributed by atoms with van der Waals surface area (Å²) in [5, 5.41) is 3.42. The zero-order valence-corrected chi connectivity index (χ0v) is 13.4. The maximum atomic E-state index is 11.4. The molecule has 1 atom stereocenters. The van der Waals surface area contributed by atoms with Crippen LogP contribution in [-0.2, 0) is 16.4 Å². The van der Waals surface area contributed by atoms with Gasteiger partial charge in [-0.15, -0.1) is 11.3 Å². The van der Waals surface area contributed by atoms with Gasteiger partial charge in [0.2, 0.25) is 0 Å². The molecule has 1 unspecified atom stereocenters. The van der Waals surface area contributed by atoms with E-state index < -0.39 is 9.84 Å². The molecule has 1 N–H and O–H groups in total. The van der Waals surface area contributed by atoms with Crippen molar-refractivity contribution in [2.24, 2.45) is 0 Å². The van der Waals surface area contributed by atoms with Gasteiger partial charge in [0.15, 0.2) is 9.84 Å². The summed E-state index contributed by atoms with van der Waals surface area (Å²) in [5.74, 6) is 0. The smallest absolute Gasteiger partial charge is 0.175 e. The number of aromatic nitrogens is 1. The standard InChI is InChI=1S/C14H18N2O2S2/c1-10(15-8-14-11(2)16-9-19-14)12-4-6-13(7-5-12)20(3,17)18/h4-7,9-10,15H,8H2,1-3H3. The van der Waals surface area contributed by atoms with Gasteiger partial charge in [0.1, 0.15) is 0 Å². The number of benzene rings is 1. The predicted octanol–water partition coefficient (Wildman–Crippen LogP) is 2.71. The second kappa shape index (κ2) is 6.03. The van der Waals surface area contributed by atoms with Crippen LogP contribution >= 0.6 is 11.3 Å². The second-order valence-electron chi connectivity index (χ2n) is 4.80. The molecule has 0 amide bonds. The predicted molar refractivity (Wildman–Crippen MR) is 81.7 cm³/mol. The molecule has 0 saturated carbocycles. The lowest BCUT2D eigenvalue weighted by atomic mass is 10.1. The summed E-state index contributed by atoms with van der Waals surface area (Å²) in [6.45, 7) is 4.83. The average molecular weight is 310 g/mol. The summed E-state index contributed by atoms with van der Waals surface area (Å²) in [5.41, 5.74) is 3.97. The second-order valence-corrected chi connectivity index (χ2v) is 7.76. The van der Waals surface area contributed by atoms with E-state index in [4.69, 9.17) is 0 Å². The van der Waals surface area contributed by atoms with Gasteiger partial charge in [-0.2, -0.15) is 0 Å². The van der Waals surface area contributed by atoms with Crippen molar-refractivity contribution in [3.63, 3.8) is 0 Å². The van der Waals surface area contributed by atoms with Crippen molar-refractivity contribution in [3.8, 4) is 0 Å². The van der Waals surface area contributed by atoms with E-state index in [2.05, 4.69) is 17.2 Å². The lowest BCUT2D eigenvalue weighted by Crippen LogP contribution is -2.18. The van der Waals surface area contributed by atoms with Crippen molar-refractivity contribution in [2.75, 3.05) is 6.26 Å². The van der Waals surface area contributed by atoms with Crippen LogP contribution in [0, 0.1) is 6.92 Å². The van der Waals surface area contributed by atoms with E-state index in [0.29, 0.717) is 4.90 Å². The van der Waals surface area contributed by atoms with Crippen molar-refractivity contribution in [1.82, 2.24) is 10.3 Å². The highest BCUT2D eigenvalue weighted by Crippen LogP contribution is 2.18. The minimum Gasteiger partial charge on any atom is -0.305 e. The molecule has 1 aromatic heterocycles. The molecule has 6 heteroatoms. The molecule has 1 heterocycles. The zero-order valence-electron chi connectivity index (χ0n) is 11.8. The molecule has 108 valence electrons. The Bertz CT molecular complexity index is 675. The molecule has 0 aliphatic heterocycles. The Balaban J connectivity index is 2.03. The summed E-state index contributed by atoms with van der Waals surface area (Å²) < 4.78 is 22.8. The summed E-state index contributed by atoms with van der Waals surface area (Å²) in [7, 11) is -3.13. The number of hydrogen-bond acceptors (Lipinski definition) is 5. The van der Waals surface area contributed by atoms with Crippen LogP contribution in [0.25, 0.3) is 0 Å². The van der Waals surface area contributed by atoms with Gasteiger partial charge in [0, 0.05) is 23.7 Å². The van der Waals surface area contributed by atoms with Gasteiger partial charge in [0.05, 0.1) is 16.1 Å². The Hall–Kier alpha value is -1.24. The third-order valence-electron chi connectivity index (χ3n) is 3.22. The van der Waals surface area contributed by atoms with E-state index in [1.165, 1.54) is 11.1 Å². The van der Waals surface area contributed by atoms with Crippen LogP contribution in [-0.4, -0.2) is 19.7 Å². The van der Waals surface area contributed by atoms with Crippen molar-refractivity contribution >= 4 is 21.2 Å². The topological polar surface area (TPSA) is 59.1 Å². The highest BCUT2D eigenvalue weighted by atomic mass is 32.2. The molecule has 2 rings (SSSR count). The number of hydrogen-bond donors (Lipinski definition) is 1. The normalized spacial score (nSPS) is 13.3. The van der Waals surface area contributed by atoms with Gasteiger partial charge in [-0.3, -0.25) is 0 Å². The zero-order chi connectivity index (χ0) is 14.8. The fourth-order valence-electron chi connectivity index (χ4n) is 1.86. The highest BCUT2D eigenvalue weighted by molar-refractivity contribution is 7.90. The largest absolute Gasteiger partial charge is 0.305 e. The molecule has 0 radical (unpaired) electrons. The third kappa shape index (κ3) is 3.65. The Morgan fingerprint density at radius 3 is 2.45 bits per heavy atom. The fourth-order valence-corrected chi connectivity index (χ4v) is 3.22. The number of nitrogens with one attached hydrogen (secondary N) is 1. The lowest BCUT2D eigenvalue weighted by molar-refractivity contribution is 0.576. The van der Waals surface area contributed by atoms with Gasteiger partial charge in [-0.25, -0.2) is 13.4 Å². The summed E-state index contributed by atoms with van der Waals surface area (Å²) in [6, 6.07) is 7.17. The van der Waals surface area contributed by atoms with Crippen LogP contribution in [0.3, 0.4) is 0 Å². The lowest BCUT2D eigenvalue weighted by Gasteiger charge is -2.14. The number of rotatable bonds is 5. The van der Waals surface area contributed by atoms with Crippen molar-refractivity contribution < 1.29 is 8.42 Å². The highest BCUT2D eigenvalue weighted by Gasteiger charge is 2.10. The Morgan fingerprint density at radius 1 is 1.30 bits per heavy atom. The first-order chi connectivity index (χ1) is 9.38. The first-order valence-corrected chi connectivity index (χ1v) is 9.07. The van der Waals surface area contributed by atoms with E-state index in [0.717, 1.165) is 17.8 Å². The number of thiazole rings is 1. The van der Waals surface area contributed by atoms with Crippen LogP contribution in [0.1, 0.15) is 29.1 Å². The average Bonchev–Trinajstić information content (AvgIpc) is 2.81. The van der Waals surface area contributed by atoms with E-state index in [1.54, 1.807) is 23.5 Å². The van der Waals surface area contributed by atoms with E-state index in [1.807, 2.05) is 24.6 Å². The molecule has 0 bridgehead atoms. The van der Waals surface area contributed by atoms with E-state index in [-0.39, 0.29) is 6.04 Å². The summed E-state index contributed by atoms with van der Waals surface area (Å²) in [6.07, 6.45) is 1.22. The molecule has 2 aromatic rings. The minimum absolute atomic E-state index is 0.158. The van der Waals surface area contributed by atoms with Crippen molar-refractivity contribution in [1.29, 1.82) is 0 Å². The SMILES string of the molecule is Cc1ncsc1CNC(C)c1ccc(S(C)(=O)=O)cc1. The first-order valence-electron chi connectivity index (χ1n) is 6.30. The minimum atomic E-state index is -3.13. The van der Waals surface area contributed by atoms with E-state index >= 15 is 0 Å². The summed E-state index contributed by atoms with van der Waals surface area (Å²) in [4.78, 5) is 5.80. The molecular formula is C14H18N2O2S2. The van der Waals surface area contributed by atoms with Crippen LogP contribution < -0.4 is 5.32 Å².